The van der Waals surface area contributed by atoms with Gasteiger partial charge in [0.1, 0.15) is 0 Å². The lowest BCUT2D eigenvalue weighted by Crippen LogP contribution is -2.23. The number of aliphatic hydroxyl groups is 1. The van der Waals surface area contributed by atoms with Crippen molar-refractivity contribution in [2.75, 3.05) is 6.54 Å². The summed E-state index contributed by atoms with van der Waals surface area (Å²) >= 11 is 0. The Bertz CT molecular complexity index is 464. The summed E-state index contributed by atoms with van der Waals surface area (Å²) in [4.78, 5) is 0. The molecule has 3 N–H and O–H groups in total. The molecule has 0 fully saturated rings. The molecule has 15 heavy (non-hydrogen) atoms. The summed E-state index contributed by atoms with van der Waals surface area (Å²) in [6.45, 7) is 0.277. The first-order valence-electron chi connectivity index (χ1n) is 5.01. The largest absolute Gasteiger partial charge is 0.391 e. The van der Waals surface area contributed by atoms with Gasteiger partial charge in [-0.2, -0.15) is 5.10 Å². The van der Waals surface area contributed by atoms with E-state index in [-0.39, 0.29) is 6.54 Å². The fraction of sp³-hybridized carbons (Fsp3) is 0.364. The first-order valence-corrected chi connectivity index (χ1v) is 5.01. The van der Waals surface area contributed by atoms with Crippen molar-refractivity contribution in [3.05, 3.63) is 30.0 Å². The molecular formula is C11H15N3O. The fourth-order valence-corrected chi connectivity index (χ4v) is 1.75. The van der Waals surface area contributed by atoms with E-state index in [4.69, 9.17) is 5.73 Å². The molecule has 0 aliphatic heterocycles. The quantitative estimate of drug-likeness (QED) is 0.764. The van der Waals surface area contributed by atoms with Gasteiger partial charge in [0.2, 0.25) is 0 Å². The Morgan fingerprint density at radius 3 is 2.93 bits per heavy atom. The Kier molecular flexibility index (Phi) is 2.70. The van der Waals surface area contributed by atoms with Crippen LogP contribution >= 0.6 is 0 Å². The third-order valence-corrected chi connectivity index (χ3v) is 2.56. The van der Waals surface area contributed by atoms with Crippen molar-refractivity contribution in [2.45, 2.75) is 12.5 Å². The zero-order valence-corrected chi connectivity index (χ0v) is 8.72. The monoisotopic (exact) mass is 205 g/mol. The molecule has 0 radical (unpaired) electrons. The van der Waals surface area contributed by atoms with Gasteiger partial charge in [0, 0.05) is 31.1 Å². The second-order valence-electron chi connectivity index (χ2n) is 3.68. The van der Waals surface area contributed by atoms with Crippen molar-refractivity contribution in [2.24, 2.45) is 12.8 Å². The molecule has 4 nitrogen and oxygen atoms in total. The number of rotatable bonds is 3. The zero-order chi connectivity index (χ0) is 10.8. The molecule has 1 atom stereocenters. The van der Waals surface area contributed by atoms with Crippen LogP contribution in [-0.4, -0.2) is 27.5 Å². The van der Waals surface area contributed by atoms with Gasteiger partial charge in [-0.1, -0.05) is 18.2 Å². The predicted molar refractivity (Wildman–Crippen MR) is 59.5 cm³/mol. The number of benzene rings is 1. The normalized spacial score (nSPS) is 13.3. The van der Waals surface area contributed by atoms with Crippen LogP contribution in [0.5, 0.6) is 0 Å². The molecule has 1 heterocycles. The minimum Gasteiger partial charge on any atom is -0.391 e. The molecule has 0 aliphatic rings. The van der Waals surface area contributed by atoms with E-state index in [1.165, 1.54) is 0 Å². The molecule has 4 heteroatoms. The van der Waals surface area contributed by atoms with Crippen LogP contribution in [0.4, 0.5) is 0 Å². The summed E-state index contributed by atoms with van der Waals surface area (Å²) in [6, 6.07) is 7.91. The third-order valence-electron chi connectivity index (χ3n) is 2.56. The van der Waals surface area contributed by atoms with Gasteiger partial charge in [0.05, 0.1) is 11.6 Å². The minimum atomic E-state index is -0.496. The van der Waals surface area contributed by atoms with Crippen LogP contribution in [0.25, 0.3) is 10.9 Å². The van der Waals surface area contributed by atoms with Gasteiger partial charge >= 0.3 is 0 Å². The maximum Gasteiger partial charge on any atom is 0.0926 e. The van der Waals surface area contributed by atoms with E-state index in [9.17, 15) is 5.11 Å². The van der Waals surface area contributed by atoms with Crippen LogP contribution < -0.4 is 5.73 Å². The summed E-state index contributed by atoms with van der Waals surface area (Å²) in [5, 5.41) is 15.0. The van der Waals surface area contributed by atoms with Crippen LogP contribution in [0.2, 0.25) is 0 Å². The molecule has 0 bridgehead atoms. The summed E-state index contributed by atoms with van der Waals surface area (Å²) in [5.41, 5.74) is 7.39. The van der Waals surface area contributed by atoms with Gasteiger partial charge in [-0.15, -0.1) is 0 Å². The van der Waals surface area contributed by atoms with E-state index in [2.05, 4.69) is 5.10 Å². The van der Waals surface area contributed by atoms with Crippen LogP contribution in [0.1, 0.15) is 5.69 Å². The van der Waals surface area contributed by atoms with Crippen LogP contribution in [0.3, 0.4) is 0 Å². The molecule has 0 amide bonds. The summed E-state index contributed by atoms with van der Waals surface area (Å²) < 4.78 is 1.81. The van der Waals surface area contributed by atoms with E-state index in [0.29, 0.717) is 6.42 Å². The van der Waals surface area contributed by atoms with Crippen LogP contribution in [0.15, 0.2) is 24.3 Å². The number of hydrogen-bond acceptors (Lipinski definition) is 3. The van der Waals surface area contributed by atoms with Crippen LogP contribution in [-0.2, 0) is 13.5 Å². The topological polar surface area (TPSA) is 64.1 Å². The lowest BCUT2D eigenvalue weighted by molar-refractivity contribution is 0.181. The van der Waals surface area contributed by atoms with Gasteiger partial charge < -0.3 is 10.8 Å². The molecule has 0 aliphatic carbocycles. The van der Waals surface area contributed by atoms with E-state index < -0.39 is 6.10 Å². The molecule has 1 unspecified atom stereocenters. The summed E-state index contributed by atoms with van der Waals surface area (Å²) in [6.07, 6.45) is 0.0526. The lowest BCUT2D eigenvalue weighted by atomic mass is 10.1. The highest BCUT2D eigenvalue weighted by atomic mass is 16.3. The third kappa shape index (κ3) is 1.86. The smallest absolute Gasteiger partial charge is 0.0926 e. The Labute approximate surface area is 88.3 Å². The molecule has 2 aromatic rings. The Morgan fingerprint density at radius 2 is 2.20 bits per heavy atom. The van der Waals surface area contributed by atoms with E-state index in [1.54, 1.807) is 0 Å². The van der Waals surface area contributed by atoms with Gasteiger partial charge in [0.15, 0.2) is 0 Å². The number of nitrogens with zero attached hydrogens (tertiary/aromatic N) is 2. The average molecular weight is 205 g/mol. The van der Waals surface area contributed by atoms with E-state index in [0.717, 1.165) is 16.6 Å². The fourth-order valence-electron chi connectivity index (χ4n) is 1.75. The SMILES string of the molecule is Cn1nc2ccccc2c1CC(O)CN. The first-order chi connectivity index (χ1) is 7.22. The minimum absolute atomic E-state index is 0.277. The van der Waals surface area contributed by atoms with Crippen LogP contribution in [0, 0.1) is 0 Å². The average Bonchev–Trinajstić information content (AvgIpc) is 2.55. The molecule has 0 spiro atoms. The number of aryl methyl sites for hydroxylation is 1. The second-order valence-corrected chi connectivity index (χ2v) is 3.68. The number of nitrogens with two attached hydrogens (primary N) is 1. The van der Waals surface area contributed by atoms with Crippen molar-refractivity contribution in [1.82, 2.24) is 9.78 Å². The highest BCUT2D eigenvalue weighted by Gasteiger charge is 2.11. The molecule has 2 rings (SSSR count). The van der Waals surface area contributed by atoms with Crippen molar-refractivity contribution in [3.8, 4) is 0 Å². The van der Waals surface area contributed by atoms with Gasteiger partial charge in [-0.3, -0.25) is 4.68 Å². The maximum absolute atomic E-state index is 9.55. The highest BCUT2D eigenvalue weighted by Crippen LogP contribution is 2.18. The zero-order valence-electron chi connectivity index (χ0n) is 8.72. The molecule has 80 valence electrons. The van der Waals surface area contributed by atoms with Gasteiger partial charge in [-0.25, -0.2) is 0 Å². The van der Waals surface area contributed by atoms with E-state index in [1.807, 2.05) is 36.0 Å². The number of fused-ring (bicyclic) bond motifs is 1. The molecule has 1 aromatic heterocycles. The van der Waals surface area contributed by atoms with Gasteiger partial charge in [-0.05, 0) is 6.07 Å². The molecule has 0 saturated heterocycles. The van der Waals surface area contributed by atoms with Gasteiger partial charge in [0.25, 0.3) is 0 Å². The van der Waals surface area contributed by atoms with Crippen molar-refractivity contribution in [1.29, 1.82) is 0 Å². The van der Waals surface area contributed by atoms with E-state index >= 15 is 0 Å². The highest BCUT2D eigenvalue weighted by molar-refractivity contribution is 5.81. The standard InChI is InChI=1S/C11H15N3O/c1-14-11(6-8(15)7-12)9-4-2-3-5-10(9)13-14/h2-5,8,15H,6-7,12H2,1H3. The molecule has 1 aromatic carbocycles. The predicted octanol–water partition coefficient (Wildman–Crippen LogP) is 0.435. The number of aliphatic hydroxyl groups excluding tert-OH is 1. The number of hydrogen-bond donors (Lipinski definition) is 2. The maximum atomic E-state index is 9.55. The first kappa shape index (κ1) is 10.1. The number of aromatic nitrogens is 2. The summed E-state index contributed by atoms with van der Waals surface area (Å²) in [5.74, 6) is 0. The summed E-state index contributed by atoms with van der Waals surface area (Å²) in [7, 11) is 1.89. The Morgan fingerprint density at radius 1 is 1.47 bits per heavy atom. The van der Waals surface area contributed by atoms with Crippen molar-refractivity contribution < 1.29 is 5.11 Å². The molecule has 0 saturated carbocycles. The second kappa shape index (κ2) is 4.00. The molecular weight excluding hydrogens is 190 g/mol. The van der Waals surface area contributed by atoms with Crippen molar-refractivity contribution >= 4 is 10.9 Å². The Balaban J connectivity index is 2.45. The Hall–Kier alpha value is -1.39. The van der Waals surface area contributed by atoms with Crippen molar-refractivity contribution in [3.63, 3.8) is 0 Å². The lowest BCUT2D eigenvalue weighted by Gasteiger charge is -2.07.